The average Bonchev–Trinajstić information content (AvgIpc) is 3.40. The third-order valence-corrected chi connectivity index (χ3v) is 5.60. The van der Waals surface area contributed by atoms with Crippen molar-refractivity contribution in [3.63, 3.8) is 0 Å². The summed E-state index contributed by atoms with van der Waals surface area (Å²) in [5, 5.41) is 23.7. The van der Waals surface area contributed by atoms with Crippen LogP contribution < -0.4 is 0 Å². The van der Waals surface area contributed by atoms with Gasteiger partial charge in [0.05, 0.1) is 5.69 Å². The highest BCUT2D eigenvalue weighted by atomic mass is 32.1. The van der Waals surface area contributed by atoms with Gasteiger partial charge in [-0.15, -0.1) is 21.5 Å². The zero-order chi connectivity index (χ0) is 16.6. The third-order valence-electron chi connectivity index (χ3n) is 3.83. The number of rotatable bonds is 4. The molecule has 8 heteroatoms. The minimum absolute atomic E-state index is 0.679. The summed E-state index contributed by atoms with van der Waals surface area (Å²) >= 11 is 3.30. The molecule has 5 rings (SSSR count). The van der Waals surface area contributed by atoms with E-state index in [1.807, 2.05) is 36.4 Å². The van der Waals surface area contributed by atoms with Gasteiger partial charge in [0.15, 0.2) is 0 Å². The number of H-pyrrole nitrogens is 1. The smallest absolute Gasteiger partial charge is 0.235 e. The maximum absolute atomic E-state index is 4.68. The van der Waals surface area contributed by atoms with E-state index < -0.39 is 0 Å². The summed E-state index contributed by atoms with van der Waals surface area (Å²) in [6.07, 6.45) is 0.823. The van der Waals surface area contributed by atoms with Crippen LogP contribution in [-0.4, -0.2) is 30.0 Å². The zero-order valence-corrected chi connectivity index (χ0v) is 14.6. The van der Waals surface area contributed by atoms with Crippen LogP contribution in [0.4, 0.5) is 0 Å². The third kappa shape index (κ3) is 2.65. The number of benzene rings is 1. The maximum atomic E-state index is 4.68. The van der Waals surface area contributed by atoms with Crippen LogP contribution in [-0.2, 0) is 6.42 Å². The summed E-state index contributed by atoms with van der Waals surface area (Å²) in [6.45, 7) is 0. The van der Waals surface area contributed by atoms with E-state index in [-0.39, 0.29) is 0 Å². The molecule has 0 amide bonds. The van der Waals surface area contributed by atoms with Crippen molar-refractivity contribution in [2.75, 3.05) is 0 Å². The Morgan fingerprint density at radius 1 is 1.04 bits per heavy atom. The number of nitrogens with zero attached hydrogens (tertiary/aromatic N) is 5. The molecule has 0 bridgehead atoms. The second-order valence-corrected chi connectivity index (χ2v) is 7.58. The van der Waals surface area contributed by atoms with Crippen molar-refractivity contribution < 1.29 is 0 Å². The van der Waals surface area contributed by atoms with Gasteiger partial charge in [0.2, 0.25) is 10.8 Å². The van der Waals surface area contributed by atoms with Gasteiger partial charge in [-0.05, 0) is 17.5 Å². The molecule has 0 radical (unpaired) electrons. The Kier molecular flexibility index (Phi) is 3.43. The number of hydrogen-bond donors (Lipinski definition) is 1. The molecule has 1 N–H and O–H groups in total. The van der Waals surface area contributed by atoms with Gasteiger partial charge in [-0.2, -0.15) is 14.7 Å². The Morgan fingerprint density at radius 3 is 2.80 bits per heavy atom. The van der Waals surface area contributed by atoms with Gasteiger partial charge in [0.1, 0.15) is 10.7 Å². The van der Waals surface area contributed by atoms with E-state index in [4.69, 9.17) is 0 Å². The summed E-state index contributed by atoms with van der Waals surface area (Å²) < 4.78 is 1.79. The lowest BCUT2D eigenvalue weighted by molar-refractivity contribution is 0.913. The second kappa shape index (κ2) is 5.91. The SMILES string of the molecule is c1ccc(-c2cc(-c3nnc4sc(Cc5cccs5)nn34)[nH]n2)cc1. The van der Waals surface area contributed by atoms with E-state index in [9.17, 15) is 0 Å². The predicted molar refractivity (Wildman–Crippen MR) is 98.8 cm³/mol. The molecule has 0 aliphatic heterocycles. The largest absolute Gasteiger partial charge is 0.274 e. The van der Waals surface area contributed by atoms with Crippen molar-refractivity contribution in [2.45, 2.75) is 6.42 Å². The molecule has 0 atom stereocenters. The number of nitrogens with one attached hydrogen (secondary N) is 1. The van der Waals surface area contributed by atoms with Gasteiger partial charge < -0.3 is 0 Å². The summed E-state index contributed by atoms with van der Waals surface area (Å²) in [7, 11) is 0. The van der Waals surface area contributed by atoms with Crippen LogP contribution in [0, 0.1) is 0 Å². The Balaban J connectivity index is 1.51. The average molecular weight is 364 g/mol. The van der Waals surface area contributed by atoms with E-state index in [1.54, 1.807) is 27.2 Å². The van der Waals surface area contributed by atoms with Crippen molar-refractivity contribution in [1.29, 1.82) is 0 Å². The summed E-state index contributed by atoms with van der Waals surface area (Å²) in [6, 6.07) is 16.2. The lowest BCUT2D eigenvalue weighted by Crippen LogP contribution is -1.93. The van der Waals surface area contributed by atoms with Gasteiger partial charge in [-0.25, -0.2) is 0 Å². The molecule has 4 aromatic heterocycles. The first-order valence-corrected chi connectivity index (χ1v) is 9.41. The van der Waals surface area contributed by atoms with Crippen molar-refractivity contribution in [3.05, 3.63) is 63.8 Å². The van der Waals surface area contributed by atoms with E-state index in [0.29, 0.717) is 5.82 Å². The fourth-order valence-corrected chi connectivity index (χ4v) is 4.31. The van der Waals surface area contributed by atoms with Gasteiger partial charge in [-0.1, -0.05) is 47.7 Å². The van der Waals surface area contributed by atoms with E-state index in [1.165, 1.54) is 4.88 Å². The van der Waals surface area contributed by atoms with Crippen LogP contribution in [0.3, 0.4) is 0 Å². The Bertz CT molecular complexity index is 1120. The van der Waals surface area contributed by atoms with Crippen LogP contribution in [0.1, 0.15) is 9.88 Å². The number of thiophene rings is 1. The molecule has 0 fully saturated rings. The first-order valence-electron chi connectivity index (χ1n) is 7.71. The van der Waals surface area contributed by atoms with Crippen molar-refractivity contribution in [2.24, 2.45) is 0 Å². The number of aromatic nitrogens is 6. The molecule has 4 heterocycles. The molecule has 0 aliphatic carbocycles. The molecule has 0 saturated heterocycles. The van der Waals surface area contributed by atoms with E-state index >= 15 is 0 Å². The highest BCUT2D eigenvalue weighted by molar-refractivity contribution is 7.17. The lowest BCUT2D eigenvalue weighted by atomic mass is 10.1. The van der Waals surface area contributed by atoms with Crippen molar-refractivity contribution >= 4 is 27.6 Å². The molecule has 0 saturated carbocycles. The fraction of sp³-hybridized carbons (Fsp3) is 0.0588. The molecule has 5 aromatic rings. The molecule has 6 nitrogen and oxygen atoms in total. The molecule has 0 spiro atoms. The van der Waals surface area contributed by atoms with Crippen molar-refractivity contribution in [1.82, 2.24) is 30.0 Å². The van der Waals surface area contributed by atoms with Crippen LogP contribution in [0.2, 0.25) is 0 Å². The Morgan fingerprint density at radius 2 is 1.96 bits per heavy atom. The normalized spacial score (nSPS) is 11.4. The standard InChI is InChI=1S/C17H12N6S2/c1-2-5-11(6-3-1)13-10-14(19-18-13)16-20-21-17-23(16)22-15(25-17)9-12-7-4-8-24-12/h1-8,10H,9H2,(H,18,19). The first kappa shape index (κ1) is 14.5. The van der Waals surface area contributed by atoms with E-state index in [2.05, 4.69) is 43.0 Å². The molecule has 122 valence electrons. The number of aromatic amines is 1. The first-order chi connectivity index (χ1) is 12.4. The highest BCUT2D eigenvalue weighted by Gasteiger charge is 2.16. The van der Waals surface area contributed by atoms with E-state index in [0.717, 1.165) is 33.3 Å². The Labute approximate surface area is 150 Å². The Hall–Kier alpha value is -2.84. The number of hydrogen-bond acceptors (Lipinski definition) is 6. The van der Waals surface area contributed by atoms with Gasteiger partial charge in [0.25, 0.3) is 0 Å². The number of fused-ring (bicyclic) bond motifs is 1. The summed E-state index contributed by atoms with van der Waals surface area (Å²) in [5.74, 6) is 0.679. The molecule has 0 unspecified atom stereocenters. The van der Waals surface area contributed by atoms with Crippen LogP contribution in [0.5, 0.6) is 0 Å². The molecule has 0 aliphatic rings. The maximum Gasteiger partial charge on any atom is 0.235 e. The van der Waals surface area contributed by atoms with Crippen LogP contribution in [0.15, 0.2) is 53.9 Å². The summed E-state index contributed by atoms with van der Waals surface area (Å²) in [4.78, 5) is 2.08. The quantitative estimate of drug-likeness (QED) is 0.525. The monoisotopic (exact) mass is 364 g/mol. The molecular weight excluding hydrogens is 352 g/mol. The predicted octanol–water partition coefficient (Wildman–Crippen LogP) is 3.90. The fourth-order valence-electron chi connectivity index (χ4n) is 2.65. The van der Waals surface area contributed by atoms with Crippen molar-refractivity contribution in [3.8, 4) is 22.8 Å². The van der Waals surface area contributed by atoms with Crippen LogP contribution in [0.25, 0.3) is 27.7 Å². The molecule has 25 heavy (non-hydrogen) atoms. The van der Waals surface area contributed by atoms with Crippen LogP contribution >= 0.6 is 22.7 Å². The minimum Gasteiger partial charge on any atom is -0.274 e. The lowest BCUT2D eigenvalue weighted by Gasteiger charge is -1.93. The van der Waals surface area contributed by atoms with Gasteiger partial charge in [0, 0.05) is 16.9 Å². The summed E-state index contributed by atoms with van der Waals surface area (Å²) in [5.41, 5.74) is 2.74. The minimum atomic E-state index is 0.679. The van der Waals surface area contributed by atoms with Gasteiger partial charge in [-0.3, -0.25) is 5.10 Å². The van der Waals surface area contributed by atoms with Gasteiger partial charge >= 0.3 is 0 Å². The molecule has 1 aromatic carbocycles. The topological polar surface area (TPSA) is 71.8 Å². The molecular formula is C17H12N6S2. The zero-order valence-electron chi connectivity index (χ0n) is 13.0. The second-order valence-electron chi connectivity index (χ2n) is 5.50. The highest BCUT2D eigenvalue weighted by Crippen LogP contribution is 2.25.